The molecule has 3 N–H and O–H groups in total. The molecule has 1 amide bonds. The predicted molar refractivity (Wildman–Crippen MR) is 110 cm³/mol. The maximum absolute atomic E-state index is 11.6. The molecule has 1 heterocycles. The van der Waals surface area contributed by atoms with E-state index in [1.165, 1.54) is 0 Å². The van der Waals surface area contributed by atoms with Crippen LogP contribution in [0.15, 0.2) is 40.7 Å². The zero-order chi connectivity index (χ0) is 19.7. The SMILES string of the molecule is CN=C(NCCNC(=O)OC(C)(C)C)NCc1nc(-c2ccccc2)cs1. The number of alkyl carbamates (subject to hydrolysis) is 1. The van der Waals surface area contributed by atoms with Crippen LogP contribution >= 0.6 is 11.3 Å². The van der Waals surface area contributed by atoms with Crippen LogP contribution in [0.3, 0.4) is 0 Å². The molecule has 0 saturated carbocycles. The fourth-order valence-electron chi connectivity index (χ4n) is 2.17. The van der Waals surface area contributed by atoms with Crippen molar-refractivity contribution >= 4 is 23.4 Å². The molecule has 0 unspecified atom stereocenters. The van der Waals surface area contributed by atoms with Gasteiger partial charge >= 0.3 is 6.09 Å². The number of hydrogen-bond donors (Lipinski definition) is 3. The van der Waals surface area contributed by atoms with Gasteiger partial charge in [-0.1, -0.05) is 30.3 Å². The topological polar surface area (TPSA) is 87.6 Å². The zero-order valence-electron chi connectivity index (χ0n) is 16.2. The second-order valence-electron chi connectivity index (χ2n) is 6.77. The molecule has 0 fully saturated rings. The van der Waals surface area contributed by atoms with Gasteiger partial charge < -0.3 is 20.7 Å². The third-order valence-corrected chi connectivity index (χ3v) is 4.19. The average molecular weight is 390 g/mol. The van der Waals surface area contributed by atoms with E-state index in [1.54, 1.807) is 18.4 Å². The molecule has 8 heteroatoms. The number of thiazole rings is 1. The minimum Gasteiger partial charge on any atom is -0.444 e. The Hall–Kier alpha value is -2.61. The molecule has 0 radical (unpaired) electrons. The maximum Gasteiger partial charge on any atom is 0.407 e. The number of nitrogens with zero attached hydrogens (tertiary/aromatic N) is 2. The summed E-state index contributed by atoms with van der Waals surface area (Å²) in [5.41, 5.74) is 1.58. The highest BCUT2D eigenvalue weighted by Gasteiger charge is 2.15. The quantitative estimate of drug-likeness (QED) is 0.402. The first kappa shape index (κ1) is 20.7. The molecule has 1 aromatic carbocycles. The van der Waals surface area contributed by atoms with Gasteiger partial charge in [0.05, 0.1) is 12.2 Å². The van der Waals surface area contributed by atoms with E-state index in [-0.39, 0.29) is 0 Å². The minimum atomic E-state index is -0.499. The molecule has 0 aliphatic rings. The number of ether oxygens (including phenoxy) is 1. The standard InChI is InChI=1S/C19H27N5O2S/c1-19(2,3)26-18(25)22-11-10-21-17(20-4)23-12-16-24-15(13-27-16)14-8-6-5-7-9-14/h5-9,13H,10-12H2,1-4H3,(H,22,25)(H2,20,21,23). The van der Waals surface area contributed by atoms with E-state index in [2.05, 4.69) is 25.9 Å². The lowest BCUT2D eigenvalue weighted by Crippen LogP contribution is -2.42. The molecular formula is C19H27N5O2S. The van der Waals surface area contributed by atoms with Crippen LogP contribution in [0.1, 0.15) is 25.8 Å². The number of carbonyl (C=O) groups is 1. The lowest BCUT2D eigenvalue weighted by atomic mass is 10.2. The van der Waals surface area contributed by atoms with E-state index >= 15 is 0 Å². The lowest BCUT2D eigenvalue weighted by molar-refractivity contribution is 0.0529. The predicted octanol–water partition coefficient (Wildman–Crippen LogP) is 3.00. The summed E-state index contributed by atoms with van der Waals surface area (Å²) >= 11 is 1.60. The van der Waals surface area contributed by atoms with Gasteiger partial charge in [0.15, 0.2) is 5.96 Å². The van der Waals surface area contributed by atoms with Gasteiger partial charge in [-0.2, -0.15) is 0 Å². The van der Waals surface area contributed by atoms with Gasteiger partial charge in [0.2, 0.25) is 0 Å². The van der Waals surface area contributed by atoms with Gasteiger partial charge in [0.25, 0.3) is 0 Å². The van der Waals surface area contributed by atoms with Gasteiger partial charge in [-0.05, 0) is 20.8 Å². The largest absolute Gasteiger partial charge is 0.444 e. The number of rotatable bonds is 6. The molecule has 146 valence electrons. The van der Waals surface area contributed by atoms with E-state index in [0.29, 0.717) is 25.6 Å². The first-order chi connectivity index (χ1) is 12.9. The Bertz CT molecular complexity index is 753. The van der Waals surface area contributed by atoms with Crippen molar-refractivity contribution in [3.63, 3.8) is 0 Å². The van der Waals surface area contributed by atoms with Crippen LogP contribution in [0.2, 0.25) is 0 Å². The third-order valence-electron chi connectivity index (χ3n) is 3.34. The van der Waals surface area contributed by atoms with Crippen molar-refractivity contribution < 1.29 is 9.53 Å². The van der Waals surface area contributed by atoms with E-state index in [4.69, 9.17) is 4.74 Å². The van der Waals surface area contributed by atoms with Crippen molar-refractivity contribution in [2.24, 2.45) is 4.99 Å². The fourth-order valence-corrected chi connectivity index (χ4v) is 2.92. The summed E-state index contributed by atoms with van der Waals surface area (Å²) in [7, 11) is 1.70. The first-order valence-electron chi connectivity index (χ1n) is 8.78. The van der Waals surface area contributed by atoms with Crippen molar-refractivity contribution in [2.75, 3.05) is 20.1 Å². The number of guanidine groups is 1. The Morgan fingerprint density at radius 3 is 2.52 bits per heavy atom. The van der Waals surface area contributed by atoms with Crippen molar-refractivity contribution in [2.45, 2.75) is 32.9 Å². The third kappa shape index (κ3) is 7.65. The molecule has 0 aliphatic carbocycles. The monoisotopic (exact) mass is 389 g/mol. The first-order valence-corrected chi connectivity index (χ1v) is 9.66. The van der Waals surface area contributed by atoms with Crippen LogP contribution in [-0.2, 0) is 11.3 Å². The van der Waals surface area contributed by atoms with E-state index < -0.39 is 11.7 Å². The normalized spacial score (nSPS) is 11.8. The van der Waals surface area contributed by atoms with Crippen LogP contribution in [0.25, 0.3) is 11.3 Å². The van der Waals surface area contributed by atoms with Gasteiger partial charge in [0, 0.05) is 31.1 Å². The second kappa shape index (κ2) is 9.91. The molecule has 0 bridgehead atoms. The molecule has 0 spiro atoms. The van der Waals surface area contributed by atoms with Crippen molar-refractivity contribution in [1.29, 1.82) is 0 Å². The molecule has 7 nitrogen and oxygen atoms in total. The van der Waals surface area contributed by atoms with Gasteiger partial charge in [-0.15, -0.1) is 11.3 Å². The number of amides is 1. The summed E-state index contributed by atoms with van der Waals surface area (Å²) in [4.78, 5) is 20.4. The smallest absolute Gasteiger partial charge is 0.407 e. The zero-order valence-corrected chi connectivity index (χ0v) is 17.0. The number of carbonyl (C=O) groups excluding carboxylic acids is 1. The Kier molecular flexibility index (Phi) is 7.60. The van der Waals surface area contributed by atoms with Crippen molar-refractivity contribution in [3.05, 3.63) is 40.7 Å². The Balaban J connectivity index is 1.72. The molecule has 0 saturated heterocycles. The lowest BCUT2D eigenvalue weighted by Gasteiger charge is -2.19. The maximum atomic E-state index is 11.6. The summed E-state index contributed by atoms with van der Waals surface area (Å²) in [5.74, 6) is 0.650. The number of aromatic nitrogens is 1. The highest BCUT2D eigenvalue weighted by atomic mass is 32.1. The molecule has 2 rings (SSSR count). The van der Waals surface area contributed by atoms with E-state index in [0.717, 1.165) is 16.3 Å². The van der Waals surface area contributed by atoms with Crippen LogP contribution in [0.5, 0.6) is 0 Å². The van der Waals surface area contributed by atoms with Crippen molar-refractivity contribution in [3.8, 4) is 11.3 Å². The molecular weight excluding hydrogens is 362 g/mol. The summed E-state index contributed by atoms with van der Waals surface area (Å²) < 4.78 is 5.18. The van der Waals surface area contributed by atoms with Crippen molar-refractivity contribution in [1.82, 2.24) is 20.9 Å². The van der Waals surface area contributed by atoms with Crippen LogP contribution in [-0.4, -0.2) is 42.8 Å². The highest BCUT2D eigenvalue weighted by molar-refractivity contribution is 7.09. The second-order valence-corrected chi connectivity index (χ2v) is 7.72. The van der Waals surface area contributed by atoms with Crippen LogP contribution in [0.4, 0.5) is 4.79 Å². The number of nitrogens with one attached hydrogen (secondary N) is 3. The summed E-state index contributed by atoms with van der Waals surface area (Å²) in [6, 6.07) is 10.1. The van der Waals surface area contributed by atoms with Gasteiger partial charge in [-0.25, -0.2) is 9.78 Å². The number of hydrogen-bond acceptors (Lipinski definition) is 5. The molecule has 2 aromatic rings. The Morgan fingerprint density at radius 2 is 1.85 bits per heavy atom. The molecule has 1 aromatic heterocycles. The van der Waals surface area contributed by atoms with E-state index in [9.17, 15) is 4.79 Å². The van der Waals surface area contributed by atoms with Crippen LogP contribution in [0, 0.1) is 0 Å². The molecule has 0 atom stereocenters. The van der Waals surface area contributed by atoms with Gasteiger partial charge in [0.1, 0.15) is 10.6 Å². The number of benzene rings is 1. The number of aliphatic imine (C=N–C) groups is 1. The minimum absolute atomic E-state index is 0.427. The average Bonchev–Trinajstić information content (AvgIpc) is 3.09. The highest BCUT2D eigenvalue weighted by Crippen LogP contribution is 2.21. The summed E-state index contributed by atoms with van der Waals surface area (Å²) in [6.45, 7) is 7.04. The molecule has 27 heavy (non-hydrogen) atoms. The Labute approximate surface area is 164 Å². The van der Waals surface area contributed by atoms with Crippen LogP contribution < -0.4 is 16.0 Å². The van der Waals surface area contributed by atoms with E-state index in [1.807, 2.05) is 56.5 Å². The van der Waals surface area contributed by atoms with Gasteiger partial charge in [-0.3, -0.25) is 4.99 Å². The molecule has 0 aliphatic heterocycles. The fraction of sp³-hybridized carbons (Fsp3) is 0.421. The summed E-state index contributed by atoms with van der Waals surface area (Å²) in [6.07, 6.45) is -0.427. The summed E-state index contributed by atoms with van der Waals surface area (Å²) in [5, 5.41) is 12.1. The Morgan fingerprint density at radius 1 is 1.15 bits per heavy atom.